The molecule has 3 heterocycles. The van der Waals surface area contributed by atoms with Crippen LogP contribution in [0.3, 0.4) is 0 Å². The van der Waals surface area contributed by atoms with Crippen molar-refractivity contribution >= 4 is 6.09 Å². The second kappa shape index (κ2) is 5.77. The largest absolute Gasteiger partial charge is 0.444 e. The summed E-state index contributed by atoms with van der Waals surface area (Å²) in [5, 5.41) is 9.95. The number of piperidine rings is 1. The summed E-state index contributed by atoms with van der Waals surface area (Å²) in [5.74, 6) is 0. The van der Waals surface area contributed by atoms with Gasteiger partial charge in [-0.1, -0.05) is 6.07 Å². The zero-order valence-electron chi connectivity index (χ0n) is 14.9. The molecule has 0 radical (unpaired) electrons. The van der Waals surface area contributed by atoms with Crippen LogP contribution in [0.4, 0.5) is 4.79 Å². The van der Waals surface area contributed by atoms with E-state index in [2.05, 4.69) is 17.1 Å². The van der Waals surface area contributed by atoms with Gasteiger partial charge in [-0.05, 0) is 64.5 Å². The number of hydrogen-bond donors (Lipinski definition) is 0. The van der Waals surface area contributed by atoms with Crippen molar-refractivity contribution in [2.75, 3.05) is 0 Å². The molecule has 1 amide bonds. The van der Waals surface area contributed by atoms with Gasteiger partial charge in [-0.15, -0.1) is 0 Å². The van der Waals surface area contributed by atoms with Crippen LogP contribution in [-0.2, 0) is 10.2 Å². The van der Waals surface area contributed by atoms with E-state index < -0.39 is 11.0 Å². The van der Waals surface area contributed by atoms with Gasteiger partial charge in [0.05, 0.1) is 11.5 Å². The van der Waals surface area contributed by atoms with E-state index in [1.165, 1.54) is 0 Å². The molecule has 24 heavy (non-hydrogen) atoms. The summed E-state index contributed by atoms with van der Waals surface area (Å²) in [6.45, 7) is 7.64. The second-order valence-corrected chi connectivity index (χ2v) is 8.13. The molecule has 2 unspecified atom stereocenters. The minimum Gasteiger partial charge on any atom is -0.444 e. The molecule has 0 aromatic carbocycles. The van der Waals surface area contributed by atoms with E-state index in [4.69, 9.17) is 4.74 Å². The molecule has 1 aromatic rings. The zero-order chi connectivity index (χ0) is 17.5. The molecule has 0 aliphatic carbocycles. The van der Waals surface area contributed by atoms with E-state index in [1.54, 1.807) is 12.4 Å². The Morgan fingerprint density at radius 1 is 1.33 bits per heavy atom. The van der Waals surface area contributed by atoms with Crippen LogP contribution in [0.5, 0.6) is 0 Å². The smallest absolute Gasteiger partial charge is 0.410 e. The number of carbonyl (C=O) groups excluding carboxylic acids is 1. The van der Waals surface area contributed by atoms with Crippen LogP contribution in [-0.4, -0.2) is 33.7 Å². The molecule has 128 valence electrons. The van der Waals surface area contributed by atoms with Crippen LogP contribution in [0, 0.1) is 18.3 Å². The van der Waals surface area contributed by atoms with E-state index in [0.29, 0.717) is 12.8 Å². The first-order chi connectivity index (χ1) is 11.2. The van der Waals surface area contributed by atoms with Gasteiger partial charge in [0.25, 0.3) is 0 Å². The fraction of sp³-hybridized carbons (Fsp3) is 0.632. The van der Waals surface area contributed by atoms with Crippen molar-refractivity contribution in [1.29, 1.82) is 5.26 Å². The van der Waals surface area contributed by atoms with Gasteiger partial charge in [0.1, 0.15) is 5.60 Å². The lowest BCUT2D eigenvalue weighted by molar-refractivity contribution is 0.00232. The highest BCUT2D eigenvalue weighted by Gasteiger charge is 2.52. The Bertz CT molecular complexity index is 673. The maximum Gasteiger partial charge on any atom is 0.410 e. The first-order valence-corrected chi connectivity index (χ1v) is 8.59. The number of nitrogens with zero attached hydrogens (tertiary/aromatic N) is 3. The van der Waals surface area contributed by atoms with Gasteiger partial charge in [-0.3, -0.25) is 4.98 Å². The molecule has 0 saturated carbocycles. The summed E-state index contributed by atoms with van der Waals surface area (Å²) in [6.07, 6.45) is 6.55. The van der Waals surface area contributed by atoms with Crippen LogP contribution in [0.1, 0.15) is 57.6 Å². The van der Waals surface area contributed by atoms with E-state index in [0.717, 1.165) is 24.0 Å². The van der Waals surface area contributed by atoms with Crippen molar-refractivity contribution in [2.45, 2.75) is 76.5 Å². The second-order valence-electron chi connectivity index (χ2n) is 8.13. The standard InChI is InChI=1S/C19H25N3O2/c1-13-7-14(11-21-10-13)19(12-20)8-15-5-6-16(9-19)22(15)17(23)24-18(2,3)4/h7,10-11,15-16H,5-6,8-9H2,1-4H3. The Balaban J connectivity index is 1.86. The molecule has 2 aliphatic heterocycles. The van der Waals surface area contributed by atoms with Crippen molar-refractivity contribution in [3.63, 3.8) is 0 Å². The minimum atomic E-state index is -0.552. The monoisotopic (exact) mass is 327 g/mol. The lowest BCUT2D eigenvalue weighted by atomic mass is 9.71. The lowest BCUT2D eigenvalue weighted by Crippen LogP contribution is -2.52. The summed E-state index contributed by atoms with van der Waals surface area (Å²) in [5.41, 5.74) is 0.985. The molecule has 2 saturated heterocycles. The normalized spacial score (nSPS) is 29.2. The third-order valence-corrected chi connectivity index (χ3v) is 5.03. The maximum absolute atomic E-state index is 12.6. The molecule has 5 nitrogen and oxygen atoms in total. The van der Waals surface area contributed by atoms with E-state index in [1.807, 2.05) is 32.6 Å². The lowest BCUT2D eigenvalue weighted by Gasteiger charge is -2.43. The van der Waals surface area contributed by atoms with Gasteiger partial charge in [-0.2, -0.15) is 5.26 Å². The van der Waals surface area contributed by atoms with Crippen LogP contribution < -0.4 is 0 Å². The molecular formula is C19H25N3O2. The average molecular weight is 327 g/mol. The van der Waals surface area contributed by atoms with Crippen LogP contribution in [0.2, 0.25) is 0 Å². The summed E-state index contributed by atoms with van der Waals surface area (Å²) in [7, 11) is 0. The van der Waals surface area contributed by atoms with Crippen LogP contribution in [0.25, 0.3) is 0 Å². The summed E-state index contributed by atoms with van der Waals surface area (Å²) < 4.78 is 5.58. The van der Waals surface area contributed by atoms with Crippen molar-refractivity contribution in [3.8, 4) is 6.07 Å². The molecule has 2 fully saturated rings. The maximum atomic E-state index is 12.6. The van der Waals surface area contributed by atoms with Gasteiger partial charge in [-0.25, -0.2) is 4.79 Å². The molecule has 3 rings (SSSR count). The van der Waals surface area contributed by atoms with Gasteiger partial charge in [0.2, 0.25) is 0 Å². The van der Waals surface area contributed by atoms with Crippen molar-refractivity contribution < 1.29 is 9.53 Å². The molecule has 0 spiro atoms. The summed E-state index contributed by atoms with van der Waals surface area (Å²) >= 11 is 0. The number of fused-ring (bicyclic) bond motifs is 2. The fourth-order valence-corrected chi connectivity index (χ4v) is 4.07. The third-order valence-electron chi connectivity index (χ3n) is 5.03. The van der Waals surface area contributed by atoms with E-state index in [9.17, 15) is 10.1 Å². The number of aromatic nitrogens is 1. The van der Waals surface area contributed by atoms with Gasteiger partial charge < -0.3 is 9.64 Å². The first-order valence-electron chi connectivity index (χ1n) is 8.59. The Labute approximate surface area is 143 Å². The number of hydrogen-bond acceptors (Lipinski definition) is 4. The number of amides is 1. The molecule has 0 N–H and O–H groups in total. The number of nitriles is 1. The topological polar surface area (TPSA) is 66.2 Å². The fourth-order valence-electron chi connectivity index (χ4n) is 4.07. The van der Waals surface area contributed by atoms with Gasteiger partial charge in [0.15, 0.2) is 0 Å². The predicted molar refractivity (Wildman–Crippen MR) is 90.4 cm³/mol. The Kier molecular flexibility index (Phi) is 4.03. The number of pyridine rings is 1. The first kappa shape index (κ1) is 16.8. The van der Waals surface area contributed by atoms with Gasteiger partial charge in [0, 0.05) is 24.5 Å². The van der Waals surface area contributed by atoms with Crippen molar-refractivity contribution in [3.05, 3.63) is 29.6 Å². The highest BCUT2D eigenvalue weighted by Crippen LogP contribution is 2.47. The molecule has 2 aliphatic rings. The third kappa shape index (κ3) is 2.98. The van der Waals surface area contributed by atoms with E-state index >= 15 is 0 Å². The van der Waals surface area contributed by atoms with Crippen LogP contribution >= 0.6 is 0 Å². The quantitative estimate of drug-likeness (QED) is 0.788. The molecular weight excluding hydrogens is 302 g/mol. The minimum absolute atomic E-state index is 0.0683. The number of aryl methyl sites for hydroxylation is 1. The number of carbonyl (C=O) groups is 1. The molecule has 2 atom stereocenters. The summed E-state index contributed by atoms with van der Waals surface area (Å²) in [4.78, 5) is 18.7. The average Bonchev–Trinajstić information content (AvgIpc) is 2.77. The SMILES string of the molecule is Cc1cncc(C2(C#N)CC3CCC(C2)N3C(=O)OC(C)(C)C)c1. The molecule has 5 heteroatoms. The van der Waals surface area contributed by atoms with Gasteiger partial charge >= 0.3 is 6.09 Å². The molecule has 2 bridgehead atoms. The van der Waals surface area contributed by atoms with Crippen LogP contribution in [0.15, 0.2) is 18.5 Å². The van der Waals surface area contributed by atoms with E-state index in [-0.39, 0.29) is 18.2 Å². The summed E-state index contributed by atoms with van der Waals surface area (Å²) in [6, 6.07) is 4.74. The molecule has 1 aromatic heterocycles. The number of ether oxygens (including phenoxy) is 1. The Morgan fingerprint density at radius 3 is 2.46 bits per heavy atom. The van der Waals surface area contributed by atoms with Crippen molar-refractivity contribution in [2.24, 2.45) is 0 Å². The highest BCUT2D eigenvalue weighted by molar-refractivity contribution is 5.70. The van der Waals surface area contributed by atoms with Crippen molar-refractivity contribution in [1.82, 2.24) is 9.88 Å². The highest BCUT2D eigenvalue weighted by atomic mass is 16.6. The Hall–Kier alpha value is -2.09. The zero-order valence-corrected chi connectivity index (χ0v) is 14.9. The predicted octanol–water partition coefficient (Wildman–Crippen LogP) is 3.71. The number of rotatable bonds is 1. The Morgan fingerprint density at radius 2 is 1.96 bits per heavy atom.